The van der Waals surface area contributed by atoms with Crippen molar-refractivity contribution in [1.29, 1.82) is 0 Å². The maximum atomic E-state index is 12.7. The number of β-amino-alcohol motifs (C(OH)–C–C–N with tert-alkyl or cyclic N) is 1. The van der Waals surface area contributed by atoms with Gasteiger partial charge in [-0.25, -0.2) is 4.79 Å². The number of methoxy groups -OCH3 is 1. The summed E-state index contributed by atoms with van der Waals surface area (Å²) in [7, 11) is 1.29. The van der Waals surface area contributed by atoms with E-state index in [2.05, 4.69) is 5.32 Å². The van der Waals surface area contributed by atoms with E-state index in [-0.39, 0.29) is 36.9 Å². The fraction of sp³-hybridized carbons (Fsp3) is 0.238. The maximum Gasteiger partial charge on any atom is 0.337 e. The molecule has 0 unspecified atom stereocenters. The number of rotatable bonds is 6. The fourth-order valence-electron chi connectivity index (χ4n) is 3.19. The lowest BCUT2D eigenvalue weighted by molar-refractivity contribution is -0.136. The summed E-state index contributed by atoms with van der Waals surface area (Å²) in [6.45, 7) is 2.12. The van der Waals surface area contributed by atoms with Crippen molar-refractivity contribution in [3.63, 3.8) is 0 Å². The molecule has 0 radical (unpaired) electrons. The molecule has 6 nitrogen and oxygen atoms in total. The zero-order valence-electron chi connectivity index (χ0n) is 15.4. The average Bonchev–Trinajstić information content (AvgIpc) is 2.98. The molecule has 0 spiro atoms. The summed E-state index contributed by atoms with van der Waals surface area (Å²) in [6.07, 6.45) is 0. The van der Waals surface area contributed by atoms with Crippen LogP contribution in [0.4, 0.5) is 5.69 Å². The third-order valence-electron chi connectivity index (χ3n) is 4.58. The predicted molar refractivity (Wildman–Crippen MR) is 103 cm³/mol. The van der Waals surface area contributed by atoms with Crippen LogP contribution in [0, 0.1) is 6.92 Å². The minimum atomic E-state index is -0.556. The van der Waals surface area contributed by atoms with Crippen LogP contribution in [-0.2, 0) is 14.3 Å². The predicted octanol–water partition coefficient (Wildman–Crippen LogP) is 2.34. The second-order valence-corrected chi connectivity index (χ2v) is 6.28. The molecule has 1 aliphatic heterocycles. The second kappa shape index (κ2) is 8.05. The third kappa shape index (κ3) is 3.71. The van der Waals surface area contributed by atoms with Gasteiger partial charge in [-0.05, 0) is 24.1 Å². The molecule has 3 rings (SSSR count). The lowest BCUT2D eigenvalue weighted by Crippen LogP contribution is -2.31. The highest BCUT2D eigenvalue weighted by molar-refractivity contribution is 6.09. The topological polar surface area (TPSA) is 78.9 Å². The maximum absolute atomic E-state index is 12.7. The lowest BCUT2D eigenvalue weighted by atomic mass is 9.99. The summed E-state index contributed by atoms with van der Waals surface area (Å²) in [5, 5.41) is 12.3. The molecule has 0 bridgehead atoms. The van der Waals surface area contributed by atoms with Crippen molar-refractivity contribution < 1.29 is 19.4 Å². The van der Waals surface area contributed by atoms with E-state index in [4.69, 9.17) is 4.74 Å². The molecule has 1 aliphatic rings. The molecular formula is C21H22N2O4. The molecule has 2 aromatic carbocycles. The van der Waals surface area contributed by atoms with Gasteiger partial charge < -0.3 is 20.1 Å². The van der Waals surface area contributed by atoms with Crippen molar-refractivity contribution in [2.24, 2.45) is 0 Å². The highest BCUT2D eigenvalue weighted by Gasteiger charge is 2.34. The van der Waals surface area contributed by atoms with E-state index in [1.165, 1.54) is 12.0 Å². The Hall–Kier alpha value is -3.12. The van der Waals surface area contributed by atoms with Gasteiger partial charge in [0, 0.05) is 17.8 Å². The van der Waals surface area contributed by atoms with Crippen molar-refractivity contribution in [3.05, 3.63) is 65.4 Å². The largest absolute Gasteiger partial charge is 0.466 e. The van der Waals surface area contributed by atoms with Crippen LogP contribution in [0.15, 0.2) is 59.8 Å². The molecule has 0 saturated heterocycles. The van der Waals surface area contributed by atoms with Crippen molar-refractivity contribution in [3.8, 4) is 11.1 Å². The van der Waals surface area contributed by atoms with Crippen LogP contribution < -0.4 is 5.32 Å². The quantitative estimate of drug-likeness (QED) is 0.767. The average molecular weight is 366 g/mol. The Balaban J connectivity index is 2.02. The van der Waals surface area contributed by atoms with Gasteiger partial charge in [0.25, 0.3) is 5.91 Å². The molecule has 2 aromatic rings. The van der Waals surface area contributed by atoms with E-state index in [9.17, 15) is 14.7 Å². The summed E-state index contributed by atoms with van der Waals surface area (Å²) >= 11 is 0. The molecule has 27 heavy (non-hydrogen) atoms. The molecule has 0 aromatic heterocycles. The van der Waals surface area contributed by atoms with Gasteiger partial charge in [-0.2, -0.15) is 0 Å². The number of nitrogens with one attached hydrogen (secondary N) is 1. The van der Waals surface area contributed by atoms with E-state index >= 15 is 0 Å². The molecule has 0 fully saturated rings. The Bertz CT molecular complexity index is 905. The van der Waals surface area contributed by atoms with Crippen LogP contribution in [0.2, 0.25) is 0 Å². The first-order valence-corrected chi connectivity index (χ1v) is 8.70. The van der Waals surface area contributed by atoms with E-state index in [1.807, 2.05) is 55.5 Å². The number of hydrogen-bond donors (Lipinski definition) is 2. The van der Waals surface area contributed by atoms with Crippen molar-refractivity contribution in [1.82, 2.24) is 4.90 Å². The van der Waals surface area contributed by atoms with E-state index in [0.29, 0.717) is 0 Å². The molecule has 2 N–H and O–H groups in total. The summed E-state index contributed by atoms with van der Waals surface area (Å²) in [6, 6.07) is 15.6. The van der Waals surface area contributed by atoms with Gasteiger partial charge in [0.15, 0.2) is 0 Å². The second-order valence-electron chi connectivity index (χ2n) is 6.28. The van der Waals surface area contributed by atoms with Crippen molar-refractivity contribution in [2.45, 2.75) is 6.92 Å². The monoisotopic (exact) mass is 366 g/mol. The number of benzene rings is 2. The summed E-state index contributed by atoms with van der Waals surface area (Å²) in [5.41, 5.74) is 4.25. The Labute approximate surface area is 158 Å². The van der Waals surface area contributed by atoms with Crippen LogP contribution in [0.3, 0.4) is 0 Å². The number of aliphatic hydroxyl groups excluding tert-OH is 1. The van der Waals surface area contributed by atoms with Crippen LogP contribution in [0.25, 0.3) is 11.1 Å². The van der Waals surface area contributed by atoms with Gasteiger partial charge in [0.1, 0.15) is 5.70 Å². The fourth-order valence-corrected chi connectivity index (χ4v) is 3.19. The minimum absolute atomic E-state index is 0.112. The number of anilines is 1. The zero-order chi connectivity index (χ0) is 19.4. The van der Waals surface area contributed by atoms with Crippen molar-refractivity contribution in [2.75, 3.05) is 32.1 Å². The molecule has 1 heterocycles. The number of hydrogen-bond acceptors (Lipinski definition) is 5. The molecule has 1 amide bonds. The number of ether oxygens (including phenoxy) is 1. The number of aryl methyl sites for hydroxylation is 1. The van der Waals surface area contributed by atoms with Crippen LogP contribution in [0.1, 0.15) is 5.56 Å². The van der Waals surface area contributed by atoms with Crippen molar-refractivity contribution >= 4 is 17.6 Å². The normalized spacial score (nSPS) is 13.9. The summed E-state index contributed by atoms with van der Waals surface area (Å²) in [4.78, 5) is 26.3. The standard InChI is InChI=1S/C21H22N2O4/c1-14-7-3-4-8-15(14)16-9-5-6-10-18(16)22-19-17(21(26)27-2)13-23(11-12-24)20(19)25/h3-10,22,24H,11-13H2,1-2H3. The van der Waals surface area contributed by atoms with E-state index in [0.717, 1.165) is 22.4 Å². The zero-order valence-corrected chi connectivity index (χ0v) is 15.4. The first-order chi connectivity index (χ1) is 13.1. The van der Waals surface area contributed by atoms with Gasteiger partial charge in [-0.1, -0.05) is 42.5 Å². The lowest BCUT2D eigenvalue weighted by Gasteiger charge is -2.17. The van der Waals surface area contributed by atoms with Gasteiger partial charge in [-0.3, -0.25) is 4.79 Å². The number of amides is 1. The molecular weight excluding hydrogens is 344 g/mol. The van der Waals surface area contributed by atoms with Gasteiger partial charge in [-0.15, -0.1) is 0 Å². The van der Waals surface area contributed by atoms with Gasteiger partial charge in [0.05, 0.1) is 25.8 Å². The molecule has 6 heteroatoms. The number of para-hydroxylation sites is 1. The molecule has 0 aliphatic carbocycles. The molecule has 140 valence electrons. The first kappa shape index (κ1) is 18.7. The minimum Gasteiger partial charge on any atom is -0.466 e. The van der Waals surface area contributed by atoms with Crippen LogP contribution in [-0.4, -0.2) is 48.7 Å². The van der Waals surface area contributed by atoms with Gasteiger partial charge >= 0.3 is 5.97 Å². The smallest absolute Gasteiger partial charge is 0.337 e. The van der Waals surface area contributed by atoms with Gasteiger partial charge in [0.2, 0.25) is 0 Å². The first-order valence-electron chi connectivity index (χ1n) is 8.70. The number of esters is 1. The number of aliphatic hydroxyl groups is 1. The Morgan fingerprint density at radius 3 is 2.48 bits per heavy atom. The molecule has 0 atom stereocenters. The highest BCUT2D eigenvalue weighted by atomic mass is 16.5. The number of carbonyl (C=O) groups excluding carboxylic acids is 2. The highest BCUT2D eigenvalue weighted by Crippen LogP contribution is 2.32. The Kier molecular flexibility index (Phi) is 5.57. The Morgan fingerprint density at radius 2 is 1.81 bits per heavy atom. The van der Waals surface area contributed by atoms with Crippen LogP contribution in [0.5, 0.6) is 0 Å². The number of carbonyl (C=O) groups is 2. The molecule has 0 saturated carbocycles. The van der Waals surface area contributed by atoms with Crippen LogP contribution >= 0.6 is 0 Å². The van der Waals surface area contributed by atoms with E-state index < -0.39 is 5.97 Å². The SMILES string of the molecule is COC(=O)C1=C(Nc2ccccc2-c2ccccc2C)C(=O)N(CCO)C1. The van der Waals surface area contributed by atoms with E-state index in [1.54, 1.807) is 0 Å². The summed E-state index contributed by atoms with van der Waals surface area (Å²) in [5.74, 6) is -0.885. The number of nitrogens with zero attached hydrogens (tertiary/aromatic N) is 1. The third-order valence-corrected chi connectivity index (χ3v) is 4.58. The summed E-state index contributed by atoms with van der Waals surface area (Å²) < 4.78 is 4.83. The Morgan fingerprint density at radius 1 is 1.15 bits per heavy atom.